The highest BCUT2D eigenvalue weighted by atomic mass is 32.2. The summed E-state index contributed by atoms with van der Waals surface area (Å²) in [6.07, 6.45) is 1.08. The summed E-state index contributed by atoms with van der Waals surface area (Å²) in [5.41, 5.74) is 0.763. The van der Waals surface area contributed by atoms with E-state index in [0.29, 0.717) is 34.9 Å². The summed E-state index contributed by atoms with van der Waals surface area (Å²) in [5.74, 6) is 0.792. The summed E-state index contributed by atoms with van der Waals surface area (Å²) in [6.45, 7) is 5.39. The van der Waals surface area contributed by atoms with E-state index in [-0.39, 0.29) is 0 Å². The quantitative estimate of drug-likeness (QED) is 0.826. The first kappa shape index (κ1) is 17.2. The van der Waals surface area contributed by atoms with Gasteiger partial charge in [-0.1, -0.05) is 13.8 Å². The van der Waals surface area contributed by atoms with Crippen LogP contribution >= 0.6 is 12.2 Å². The molecule has 1 aromatic rings. The third-order valence-corrected chi connectivity index (χ3v) is 5.96. The summed E-state index contributed by atoms with van der Waals surface area (Å²) in [6, 6.07) is 6.71. The van der Waals surface area contributed by atoms with E-state index in [4.69, 9.17) is 12.2 Å². The lowest BCUT2D eigenvalue weighted by molar-refractivity contribution is 0.222. The van der Waals surface area contributed by atoms with Crippen LogP contribution in [0.3, 0.4) is 0 Å². The Morgan fingerprint density at radius 2 is 1.73 bits per heavy atom. The molecule has 22 heavy (non-hydrogen) atoms. The van der Waals surface area contributed by atoms with Gasteiger partial charge in [-0.05, 0) is 54.7 Å². The van der Waals surface area contributed by atoms with Gasteiger partial charge in [0.1, 0.15) is 0 Å². The Morgan fingerprint density at radius 1 is 1.18 bits per heavy atom. The zero-order valence-corrected chi connectivity index (χ0v) is 14.8. The molecule has 0 amide bonds. The number of benzene rings is 1. The molecule has 7 heteroatoms. The van der Waals surface area contributed by atoms with Crippen molar-refractivity contribution in [2.75, 3.05) is 25.5 Å². The maximum atomic E-state index is 12.7. The number of rotatable bonds is 3. The van der Waals surface area contributed by atoms with Crippen molar-refractivity contribution in [2.24, 2.45) is 11.8 Å². The van der Waals surface area contributed by atoms with Gasteiger partial charge in [-0.25, -0.2) is 8.42 Å². The molecule has 0 aromatic heterocycles. The molecule has 1 aliphatic heterocycles. The van der Waals surface area contributed by atoms with Crippen molar-refractivity contribution in [3.8, 4) is 0 Å². The molecule has 1 aromatic carbocycles. The van der Waals surface area contributed by atoms with Crippen LogP contribution in [0.5, 0.6) is 0 Å². The molecule has 2 atom stereocenters. The van der Waals surface area contributed by atoms with Crippen LogP contribution in [0.1, 0.15) is 20.3 Å². The maximum Gasteiger partial charge on any atom is 0.243 e. The molecule has 2 N–H and O–H groups in total. The SMILES string of the molecule is CNC(=S)Nc1ccc(S(=O)(=O)N2C[C@H](C)C[C@@H](C)C2)cc1. The number of piperidine rings is 1. The van der Waals surface area contributed by atoms with E-state index in [9.17, 15) is 8.42 Å². The van der Waals surface area contributed by atoms with Crippen LogP contribution in [0.15, 0.2) is 29.2 Å². The molecule has 0 unspecified atom stereocenters. The van der Waals surface area contributed by atoms with Gasteiger partial charge in [0, 0.05) is 25.8 Å². The van der Waals surface area contributed by atoms with Gasteiger partial charge >= 0.3 is 0 Å². The fourth-order valence-corrected chi connectivity index (χ4v) is 4.65. The smallest absolute Gasteiger partial charge is 0.243 e. The van der Waals surface area contributed by atoms with Crippen molar-refractivity contribution in [2.45, 2.75) is 25.2 Å². The average Bonchev–Trinajstić information content (AvgIpc) is 2.46. The number of sulfonamides is 1. The van der Waals surface area contributed by atoms with E-state index in [2.05, 4.69) is 24.5 Å². The van der Waals surface area contributed by atoms with Gasteiger partial charge < -0.3 is 10.6 Å². The molecule has 0 saturated carbocycles. The molecule has 1 heterocycles. The van der Waals surface area contributed by atoms with Gasteiger partial charge in [0.25, 0.3) is 0 Å². The van der Waals surface area contributed by atoms with Gasteiger partial charge in [0.05, 0.1) is 4.90 Å². The zero-order valence-electron chi connectivity index (χ0n) is 13.2. The fraction of sp³-hybridized carbons (Fsp3) is 0.533. The highest BCUT2D eigenvalue weighted by Gasteiger charge is 2.31. The highest BCUT2D eigenvalue weighted by molar-refractivity contribution is 7.89. The Hall–Kier alpha value is -1.18. The summed E-state index contributed by atoms with van der Waals surface area (Å²) in [7, 11) is -1.69. The van der Waals surface area contributed by atoms with Gasteiger partial charge in [0.15, 0.2) is 5.11 Å². The summed E-state index contributed by atoms with van der Waals surface area (Å²) in [5, 5.41) is 6.28. The molecular weight excluding hydrogens is 318 g/mol. The third kappa shape index (κ3) is 3.97. The first-order chi connectivity index (χ1) is 10.3. The van der Waals surface area contributed by atoms with Gasteiger partial charge in [-0.15, -0.1) is 0 Å². The molecule has 1 aliphatic rings. The highest BCUT2D eigenvalue weighted by Crippen LogP contribution is 2.27. The molecule has 2 rings (SSSR count). The Bertz CT molecular complexity index is 619. The zero-order chi connectivity index (χ0) is 16.3. The van der Waals surface area contributed by atoms with E-state index < -0.39 is 10.0 Å². The largest absolute Gasteiger partial charge is 0.366 e. The minimum Gasteiger partial charge on any atom is -0.366 e. The monoisotopic (exact) mass is 341 g/mol. The number of hydrogen-bond donors (Lipinski definition) is 2. The lowest BCUT2D eigenvalue weighted by Gasteiger charge is -2.34. The van der Waals surface area contributed by atoms with Gasteiger partial charge in [0.2, 0.25) is 10.0 Å². The Labute approximate surface area is 138 Å². The predicted molar refractivity (Wildman–Crippen MR) is 93.4 cm³/mol. The lowest BCUT2D eigenvalue weighted by atomic mass is 9.94. The Balaban J connectivity index is 2.17. The molecular formula is C15H23N3O2S2. The Morgan fingerprint density at radius 3 is 2.23 bits per heavy atom. The normalized spacial score (nSPS) is 23.0. The van der Waals surface area contributed by atoms with Crippen molar-refractivity contribution in [1.82, 2.24) is 9.62 Å². The van der Waals surface area contributed by atoms with Gasteiger partial charge in [-0.3, -0.25) is 0 Å². The number of thiocarbonyl (C=S) groups is 1. The van der Waals surface area contributed by atoms with Crippen LogP contribution in [-0.4, -0.2) is 38.0 Å². The van der Waals surface area contributed by atoms with Crippen molar-refractivity contribution in [3.63, 3.8) is 0 Å². The third-order valence-electron chi connectivity index (χ3n) is 3.81. The number of nitrogens with one attached hydrogen (secondary N) is 2. The molecule has 0 aliphatic carbocycles. The van der Waals surface area contributed by atoms with Crippen LogP contribution in [0.2, 0.25) is 0 Å². The summed E-state index contributed by atoms with van der Waals surface area (Å²) >= 11 is 5.02. The molecule has 0 spiro atoms. The van der Waals surface area contributed by atoms with E-state index in [1.807, 2.05) is 0 Å². The van der Waals surface area contributed by atoms with Crippen molar-refractivity contribution >= 4 is 33.0 Å². The topological polar surface area (TPSA) is 61.4 Å². The van der Waals surface area contributed by atoms with Crippen LogP contribution in [-0.2, 0) is 10.0 Å². The second-order valence-corrected chi connectivity index (χ2v) is 8.34. The van der Waals surface area contributed by atoms with Gasteiger partial charge in [-0.2, -0.15) is 4.31 Å². The van der Waals surface area contributed by atoms with E-state index >= 15 is 0 Å². The molecule has 5 nitrogen and oxygen atoms in total. The maximum absolute atomic E-state index is 12.7. The molecule has 0 bridgehead atoms. The molecule has 1 fully saturated rings. The van der Waals surface area contributed by atoms with Crippen LogP contribution in [0, 0.1) is 11.8 Å². The van der Waals surface area contributed by atoms with Crippen molar-refractivity contribution in [3.05, 3.63) is 24.3 Å². The first-order valence-electron chi connectivity index (χ1n) is 7.42. The van der Waals surface area contributed by atoms with Crippen LogP contribution < -0.4 is 10.6 Å². The van der Waals surface area contributed by atoms with E-state index in [1.54, 1.807) is 35.6 Å². The van der Waals surface area contributed by atoms with Crippen molar-refractivity contribution < 1.29 is 8.42 Å². The number of hydrogen-bond acceptors (Lipinski definition) is 3. The van der Waals surface area contributed by atoms with Crippen LogP contribution in [0.25, 0.3) is 0 Å². The standard InChI is InChI=1S/C15H23N3O2S2/c1-11-8-12(2)10-18(9-11)22(19,20)14-6-4-13(5-7-14)17-15(21)16-3/h4-7,11-12H,8-10H2,1-3H3,(H2,16,17,21)/t11-,12-/m1/s1. The second-order valence-electron chi connectivity index (χ2n) is 6.00. The molecule has 122 valence electrons. The minimum absolute atomic E-state index is 0.328. The predicted octanol–water partition coefficient (Wildman–Crippen LogP) is 2.27. The Kier molecular flexibility index (Phi) is 5.41. The molecule has 0 radical (unpaired) electrons. The summed E-state index contributed by atoms with van der Waals surface area (Å²) in [4.78, 5) is 0.328. The number of anilines is 1. The van der Waals surface area contributed by atoms with E-state index in [0.717, 1.165) is 12.1 Å². The minimum atomic E-state index is -3.42. The van der Waals surface area contributed by atoms with Crippen LogP contribution in [0.4, 0.5) is 5.69 Å². The number of nitrogens with zero attached hydrogens (tertiary/aromatic N) is 1. The lowest BCUT2D eigenvalue weighted by Crippen LogP contribution is -2.42. The fourth-order valence-electron chi connectivity index (χ4n) is 2.85. The average molecular weight is 342 g/mol. The summed E-state index contributed by atoms with van der Waals surface area (Å²) < 4.78 is 27.1. The second kappa shape index (κ2) is 6.93. The van der Waals surface area contributed by atoms with Crippen molar-refractivity contribution in [1.29, 1.82) is 0 Å². The first-order valence-corrected chi connectivity index (χ1v) is 9.26. The van der Waals surface area contributed by atoms with E-state index in [1.165, 1.54) is 0 Å². The molecule has 1 saturated heterocycles.